The molecular formula is C16H23NO2. The number of aliphatic hydroxyl groups is 1. The fourth-order valence-corrected chi connectivity index (χ4v) is 2.38. The van der Waals surface area contributed by atoms with Gasteiger partial charge in [-0.2, -0.15) is 0 Å². The number of aliphatic hydroxyl groups excluding tert-OH is 1. The Morgan fingerprint density at radius 2 is 2.26 bits per heavy atom. The maximum atomic E-state index is 9.95. The van der Waals surface area contributed by atoms with Crippen molar-refractivity contribution < 1.29 is 9.84 Å². The van der Waals surface area contributed by atoms with Gasteiger partial charge in [-0.25, -0.2) is 0 Å². The Morgan fingerprint density at radius 1 is 1.47 bits per heavy atom. The van der Waals surface area contributed by atoms with Gasteiger partial charge < -0.3 is 15.6 Å². The second-order valence-electron chi connectivity index (χ2n) is 5.35. The van der Waals surface area contributed by atoms with Gasteiger partial charge in [0.2, 0.25) is 0 Å². The summed E-state index contributed by atoms with van der Waals surface area (Å²) < 4.78 is 5.68. The van der Waals surface area contributed by atoms with Crippen LogP contribution in [0.5, 0.6) is 0 Å². The standard InChI is InChI=1S/C16H23NO2/c1-3-8-16(2)15(19-16)11-12-5-4-6-13(10-12)14(18)7-9-17/h4-6,10-11,14,18H,3,7-9,17H2,1-2H3. The highest BCUT2D eigenvalue weighted by molar-refractivity contribution is 5.57. The minimum atomic E-state index is -0.481. The molecule has 19 heavy (non-hydrogen) atoms. The Kier molecular flexibility index (Phi) is 4.27. The summed E-state index contributed by atoms with van der Waals surface area (Å²) in [5.74, 6) is 1.04. The summed E-state index contributed by atoms with van der Waals surface area (Å²) in [4.78, 5) is 0. The molecule has 0 amide bonds. The molecule has 1 aromatic rings. The van der Waals surface area contributed by atoms with Gasteiger partial charge in [0.1, 0.15) is 5.76 Å². The first-order chi connectivity index (χ1) is 9.09. The van der Waals surface area contributed by atoms with Crippen LogP contribution >= 0.6 is 0 Å². The van der Waals surface area contributed by atoms with E-state index in [1.165, 1.54) is 0 Å². The van der Waals surface area contributed by atoms with Gasteiger partial charge in [0.25, 0.3) is 0 Å². The van der Waals surface area contributed by atoms with E-state index in [2.05, 4.69) is 19.9 Å². The Morgan fingerprint density at radius 3 is 2.95 bits per heavy atom. The fraction of sp³-hybridized carbons (Fsp3) is 0.500. The quantitative estimate of drug-likeness (QED) is 0.774. The minimum absolute atomic E-state index is 0.0688. The van der Waals surface area contributed by atoms with E-state index in [1.54, 1.807) is 0 Å². The largest absolute Gasteiger partial charge is 0.480 e. The highest BCUT2D eigenvalue weighted by atomic mass is 16.6. The first-order valence-corrected chi connectivity index (χ1v) is 6.98. The van der Waals surface area contributed by atoms with Crippen LogP contribution in [0.4, 0.5) is 0 Å². The predicted molar refractivity (Wildman–Crippen MR) is 77.4 cm³/mol. The van der Waals surface area contributed by atoms with Crippen LogP contribution in [0.25, 0.3) is 6.08 Å². The van der Waals surface area contributed by atoms with Crippen molar-refractivity contribution in [3.63, 3.8) is 0 Å². The molecule has 2 unspecified atom stereocenters. The summed E-state index contributed by atoms with van der Waals surface area (Å²) in [6, 6.07) is 7.92. The van der Waals surface area contributed by atoms with Crippen molar-refractivity contribution in [2.45, 2.75) is 44.8 Å². The predicted octanol–water partition coefficient (Wildman–Crippen LogP) is 3.00. The number of ether oxygens (including phenoxy) is 1. The van der Waals surface area contributed by atoms with Crippen molar-refractivity contribution in [2.75, 3.05) is 6.54 Å². The van der Waals surface area contributed by atoms with Gasteiger partial charge in [0.15, 0.2) is 5.60 Å². The molecule has 0 radical (unpaired) electrons. The van der Waals surface area contributed by atoms with Crippen molar-refractivity contribution in [3.8, 4) is 0 Å². The molecule has 1 heterocycles. The third kappa shape index (κ3) is 3.37. The van der Waals surface area contributed by atoms with Crippen LogP contribution in [-0.4, -0.2) is 17.3 Å². The molecule has 3 N–H and O–H groups in total. The van der Waals surface area contributed by atoms with E-state index in [0.717, 1.165) is 29.7 Å². The molecular weight excluding hydrogens is 238 g/mol. The normalized spacial score (nSPS) is 25.2. The average Bonchev–Trinajstić information content (AvgIpc) is 3.00. The van der Waals surface area contributed by atoms with Gasteiger partial charge in [0, 0.05) is 0 Å². The summed E-state index contributed by atoms with van der Waals surface area (Å²) in [6.45, 7) is 4.77. The SMILES string of the molecule is CCCC1(C)OC1=Cc1cccc(C(O)CCN)c1. The number of epoxide rings is 1. The Bertz CT molecular complexity index is 470. The zero-order valence-corrected chi connectivity index (χ0v) is 11.7. The molecule has 0 saturated carbocycles. The zero-order chi connectivity index (χ0) is 13.9. The molecule has 104 valence electrons. The van der Waals surface area contributed by atoms with Crippen LogP contribution in [0.2, 0.25) is 0 Å². The first-order valence-electron chi connectivity index (χ1n) is 6.98. The van der Waals surface area contributed by atoms with E-state index in [4.69, 9.17) is 10.5 Å². The molecule has 0 aromatic heterocycles. The monoisotopic (exact) mass is 261 g/mol. The first kappa shape index (κ1) is 14.1. The van der Waals surface area contributed by atoms with E-state index < -0.39 is 6.10 Å². The van der Waals surface area contributed by atoms with Gasteiger partial charge in [-0.3, -0.25) is 0 Å². The maximum absolute atomic E-state index is 9.95. The lowest BCUT2D eigenvalue weighted by Gasteiger charge is -2.09. The van der Waals surface area contributed by atoms with Crippen molar-refractivity contribution in [3.05, 3.63) is 41.2 Å². The topological polar surface area (TPSA) is 58.8 Å². The van der Waals surface area contributed by atoms with Crippen molar-refractivity contribution in [1.29, 1.82) is 0 Å². The fourth-order valence-electron chi connectivity index (χ4n) is 2.38. The Balaban J connectivity index is 2.11. The van der Waals surface area contributed by atoms with Gasteiger partial charge in [0.05, 0.1) is 6.10 Å². The number of nitrogens with two attached hydrogens (primary N) is 1. The zero-order valence-electron chi connectivity index (χ0n) is 11.7. The van der Waals surface area contributed by atoms with Crippen LogP contribution in [-0.2, 0) is 4.74 Å². The van der Waals surface area contributed by atoms with Crippen LogP contribution in [0, 0.1) is 0 Å². The smallest absolute Gasteiger partial charge is 0.162 e. The molecule has 1 saturated heterocycles. The summed E-state index contributed by atoms with van der Waals surface area (Å²) in [5, 5.41) is 9.95. The van der Waals surface area contributed by atoms with Crippen LogP contribution < -0.4 is 5.73 Å². The summed E-state index contributed by atoms with van der Waals surface area (Å²) in [5.41, 5.74) is 7.39. The molecule has 3 heteroatoms. The molecule has 0 aliphatic carbocycles. The van der Waals surface area contributed by atoms with E-state index in [1.807, 2.05) is 24.3 Å². The molecule has 0 bridgehead atoms. The Hall–Kier alpha value is -1.32. The van der Waals surface area contributed by atoms with E-state index >= 15 is 0 Å². The average molecular weight is 261 g/mol. The van der Waals surface area contributed by atoms with E-state index in [0.29, 0.717) is 13.0 Å². The molecule has 1 fully saturated rings. The highest BCUT2D eigenvalue weighted by Crippen LogP contribution is 2.45. The molecule has 2 atom stereocenters. The third-order valence-electron chi connectivity index (χ3n) is 3.58. The lowest BCUT2D eigenvalue weighted by molar-refractivity contribution is 0.170. The number of hydrogen-bond acceptors (Lipinski definition) is 3. The number of hydrogen-bond donors (Lipinski definition) is 2. The van der Waals surface area contributed by atoms with Crippen molar-refractivity contribution in [2.24, 2.45) is 5.73 Å². The van der Waals surface area contributed by atoms with Crippen molar-refractivity contribution in [1.82, 2.24) is 0 Å². The Labute approximate surface area is 115 Å². The van der Waals surface area contributed by atoms with Crippen LogP contribution in [0.15, 0.2) is 30.0 Å². The maximum Gasteiger partial charge on any atom is 0.162 e. The van der Waals surface area contributed by atoms with Crippen LogP contribution in [0.1, 0.15) is 50.3 Å². The number of benzene rings is 1. The van der Waals surface area contributed by atoms with Gasteiger partial charge in [-0.1, -0.05) is 31.5 Å². The van der Waals surface area contributed by atoms with Gasteiger partial charge in [-0.05, 0) is 49.6 Å². The summed E-state index contributed by atoms with van der Waals surface area (Å²) in [6.07, 6.45) is 4.33. The van der Waals surface area contributed by atoms with Crippen LogP contribution in [0.3, 0.4) is 0 Å². The second-order valence-corrected chi connectivity index (χ2v) is 5.35. The number of rotatable bonds is 6. The molecule has 3 nitrogen and oxygen atoms in total. The lowest BCUT2D eigenvalue weighted by Crippen LogP contribution is -2.06. The molecule has 0 spiro atoms. The molecule has 1 aliphatic heterocycles. The van der Waals surface area contributed by atoms with Gasteiger partial charge in [-0.15, -0.1) is 0 Å². The molecule has 1 aromatic carbocycles. The van der Waals surface area contributed by atoms with E-state index in [9.17, 15) is 5.11 Å². The van der Waals surface area contributed by atoms with Crippen molar-refractivity contribution >= 4 is 6.08 Å². The third-order valence-corrected chi connectivity index (χ3v) is 3.58. The van der Waals surface area contributed by atoms with Gasteiger partial charge >= 0.3 is 0 Å². The minimum Gasteiger partial charge on any atom is -0.480 e. The van der Waals surface area contributed by atoms with E-state index in [-0.39, 0.29) is 5.60 Å². The summed E-state index contributed by atoms with van der Waals surface area (Å²) in [7, 11) is 0. The molecule has 1 aliphatic rings. The lowest BCUT2D eigenvalue weighted by atomic mass is 10.0. The second kappa shape index (κ2) is 5.76. The highest BCUT2D eigenvalue weighted by Gasteiger charge is 2.46. The molecule has 2 rings (SSSR count). The summed E-state index contributed by atoms with van der Waals surface area (Å²) >= 11 is 0.